The Balaban J connectivity index is 1.64. The molecule has 0 fully saturated rings. The summed E-state index contributed by atoms with van der Waals surface area (Å²) < 4.78 is 4.28. The first kappa shape index (κ1) is 26.2. The largest absolute Gasteiger partial charge is 0.506 e. The third-order valence-corrected chi connectivity index (χ3v) is 5.84. The van der Waals surface area contributed by atoms with Crippen LogP contribution < -0.4 is 14.8 Å². The zero-order chi connectivity index (χ0) is 26.2. The number of nitrogens with one attached hydrogen (secondary N) is 2. The molecule has 11 heteroatoms. The van der Waals surface area contributed by atoms with Crippen molar-refractivity contribution in [2.75, 3.05) is 23.3 Å². The van der Waals surface area contributed by atoms with E-state index in [4.69, 9.17) is 17.5 Å². The number of para-hydroxylation sites is 1. The maximum Gasteiger partial charge on any atom is 0.328 e. The molecule has 0 aliphatic carbocycles. The van der Waals surface area contributed by atoms with E-state index < -0.39 is 5.97 Å². The van der Waals surface area contributed by atoms with Gasteiger partial charge in [0.2, 0.25) is 11.7 Å². The number of aryl methyl sites for hydroxylation is 1. The Hall–Kier alpha value is -4.43. The van der Waals surface area contributed by atoms with E-state index in [0.29, 0.717) is 28.1 Å². The van der Waals surface area contributed by atoms with Gasteiger partial charge in [-0.3, -0.25) is 9.59 Å². The Labute approximate surface area is 213 Å². The predicted octanol–water partition coefficient (Wildman–Crippen LogP) is 3.40. The van der Waals surface area contributed by atoms with Crippen molar-refractivity contribution in [1.82, 2.24) is 9.78 Å². The van der Waals surface area contributed by atoms with Crippen LogP contribution >= 0.6 is 12.2 Å². The third-order valence-electron chi connectivity index (χ3n) is 5.56. The van der Waals surface area contributed by atoms with Crippen LogP contribution in [0.5, 0.6) is 0 Å². The van der Waals surface area contributed by atoms with Crippen molar-refractivity contribution in [3.05, 3.63) is 70.8 Å². The van der Waals surface area contributed by atoms with Crippen LogP contribution in [0.15, 0.2) is 54.6 Å². The van der Waals surface area contributed by atoms with Crippen molar-refractivity contribution >= 4 is 41.2 Å². The number of carbonyl (C=O) groups excluding carboxylic acids is 1. The number of hydrogen-bond acceptors (Lipinski definition) is 6. The van der Waals surface area contributed by atoms with E-state index in [1.807, 2.05) is 35.4 Å². The Bertz CT molecular complexity index is 1380. The average Bonchev–Trinajstić information content (AvgIpc) is 3.10. The topological polar surface area (TPSA) is 138 Å². The highest BCUT2D eigenvalue weighted by Gasteiger charge is 2.17. The number of benzene rings is 2. The minimum atomic E-state index is -1.05. The van der Waals surface area contributed by atoms with Gasteiger partial charge in [-0.1, -0.05) is 12.1 Å². The van der Waals surface area contributed by atoms with Gasteiger partial charge in [0.1, 0.15) is 18.0 Å². The molecular formula is C25H27N6O4S+. The Morgan fingerprint density at radius 1 is 1.22 bits per heavy atom. The molecular weight excluding hydrogens is 480 g/mol. The minimum Gasteiger partial charge on any atom is -0.506 e. The number of aliphatic hydroxyl groups excluding tert-OH is 1. The zero-order valence-corrected chi connectivity index (χ0v) is 20.7. The van der Waals surface area contributed by atoms with Gasteiger partial charge in [0.25, 0.3) is 0 Å². The molecule has 1 heterocycles. The number of aliphatic carboxylic acids is 1. The van der Waals surface area contributed by atoms with Gasteiger partial charge >= 0.3 is 10.7 Å². The van der Waals surface area contributed by atoms with Crippen molar-refractivity contribution in [3.63, 3.8) is 0 Å². The lowest BCUT2D eigenvalue weighted by Gasteiger charge is -2.25. The van der Waals surface area contributed by atoms with Gasteiger partial charge in [0.05, 0.1) is 19.2 Å². The lowest BCUT2D eigenvalue weighted by atomic mass is 10.1. The fourth-order valence-electron chi connectivity index (χ4n) is 3.78. The summed E-state index contributed by atoms with van der Waals surface area (Å²) in [7, 11) is 1.87. The molecule has 0 spiro atoms. The van der Waals surface area contributed by atoms with Gasteiger partial charge in [0, 0.05) is 36.8 Å². The summed E-state index contributed by atoms with van der Waals surface area (Å²) in [5, 5.41) is 34.3. The molecule has 0 bridgehead atoms. The highest BCUT2D eigenvalue weighted by molar-refractivity contribution is 7.71. The number of amides is 1. The summed E-state index contributed by atoms with van der Waals surface area (Å²) in [4.78, 5) is 25.5. The van der Waals surface area contributed by atoms with Crippen LogP contribution in [0.1, 0.15) is 24.2 Å². The number of anilines is 2. The molecule has 0 saturated carbocycles. The van der Waals surface area contributed by atoms with Crippen LogP contribution in [-0.2, 0) is 16.6 Å². The molecule has 36 heavy (non-hydrogen) atoms. The number of carboxylic acids is 1. The number of aliphatic hydroxyl groups is 1. The van der Waals surface area contributed by atoms with E-state index in [-0.39, 0.29) is 31.2 Å². The Kier molecular flexibility index (Phi) is 8.59. The number of carbonyl (C=O) groups is 2. The molecule has 186 valence electrons. The number of aromatic nitrogens is 3. The number of rotatable bonds is 10. The van der Waals surface area contributed by atoms with E-state index in [1.54, 1.807) is 47.4 Å². The maximum atomic E-state index is 12.5. The monoisotopic (exact) mass is 507 g/mol. The first-order chi connectivity index (χ1) is 17.2. The summed E-state index contributed by atoms with van der Waals surface area (Å²) in [5.41, 5.74) is 2.30. The number of hydrogen-bond donors (Lipinski definition) is 4. The molecule has 1 aromatic heterocycles. The number of nitrogens with zero attached hydrogens (tertiary/aromatic N) is 4. The molecule has 1 amide bonds. The second-order valence-corrected chi connectivity index (χ2v) is 8.44. The molecule has 0 unspecified atom stereocenters. The Morgan fingerprint density at radius 2 is 1.92 bits per heavy atom. The fraction of sp³-hybridized carbons (Fsp3) is 0.240. The number of nitriles is 1. The van der Waals surface area contributed by atoms with Crippen molar-refractivity contribution in [3.8, 4) is 11.8 Å². The highest BCUT2D eigenvalue weighted by Crippen LogP contribution is 2.26. The van der Waals surface area contributed by atoms with Gasteiger partial charge in [0.15, 0.2) is 0 Å². The van der Waals surface area contributed by atoms with Crippen molar-refractivity contribution in [2.24, 2.45) is 7.05 Å². The van der Waals surface area contributed by atoms with Gasteiger partial charge in [-0.05, 0) is 55.0 Å². The van der Waals surface area contributed by atoms with E-state index in [9.17, 15) is 19.8 Å². The second-order valence-electron chi connectivity index (χ2n) is 8.05. The number of carboxylic acid groups (broad SMARTS) is 1. The molecule has 0 atom stereocenters. The average molecular weight is 508 g/mol. The van der Waals surface area contributed by atoms with Gasteiger partial charge in [-0.15, -0.1) is 5.10 Å². The molecule has 3 rings (SSSR count). The quantitative estimate of drug-likeness (QED) is 0.143. The summed E-state index contributed by atoms with van der Waals surface area (Å²) in [6, 6.07) is 15.7. The standard InChI is InChI=1S/C25H26N6O4S/c1-17-29(2)28-25(36)31(17)19-11-9-18(10-12-19)27-23(33)8-5-15-30(16-24(34)35)21-7-4-3-6-20(21)22(32)13-14-26/h3-4,6-7,9-13H,5,8,15-16H2,1-2H3,(H3-,27,28,32,33,34,35,36)/p+1/b22-13-. The van der Waals surface area contributed by atoms with Gasteiger partial charge in [-0.25, -0.2) is 0 Å². The minimum absolute atomic E-state index is 0.165. The smallest absolute Gasteiger partial charge is 0.328 e. The normalized spacial score (nSPS) is 11.1. The lowest BCUT2D eigenvalue weighted by molar-refractivity contribution is -0.610. The summed E-state index contributed by atoms with van der Waals surface area (Å²) >= 11 is 5.36. The molecule has 10 nitrogen and oxygen atoms in total. The van der Waals surface area contributed by atoms with E-state index >= 15 is 0 Å². The number of allylic oxidation sites excluding steroid dienone is 1. The van der Waals surface area contributed by atoms with Crippen molar-refractivity contribution < 1.29 is 24.4 Å². The molecule has 0 saturated heterocycles. The first-order valence-electron chi connectivity index (χ1n) is 11.1. The van der Waals surface area contributed by atoms with Gasteiger partial charge < -0.3 is 20.4 Å². The summed E-state index contributed by atoms with van der Waals surface area (Å²) in [6.07, 6.45) is 1.53. The lowest BCUT2D eigenvalue weighted by Crippen LogP contribution is -2.34. The van der Waals surface area contributed by atoms with Crippen LogP contribution in [0.4, 0.5) is 11.4 Å². The van der Waals surface area contributed by atoms with E-state index in [0.717, 1.165) is 17.6 Å². The summed E-state index contributed by atoms with van der Waals surface area (Å²) in [6.45, 7) is 1.88. The maximum absolute atomic E-state index is 12.5. The summed E-state index contributed by atoms with van der Waals surface area (Å²) in [5.74, 6) is -0.584. The SMILES string of the molecule is Cc1n(C)[nH]c(=S)[n+]1-c1ccc(NC(=O)CCCN(CC(=O)O)c2ccccc2/C(O)=C/C#N)cc1. The van der Waals surface area contributed by atoms with Crippen molar-refractivity contribution in [1.29, 1.82) is 5.26 Å². The van der Waals surface area contributed by atoms with E-state index in [1.165, 1.54) is 0 Å². The van der Waals surface area contributed by atoms with Gasteiger partial charge in [-0.2, -0.15) is 14.5 Å². The first-order valence-corrected chi connectivity index (χ1v) is 11.5. The Morgan fingerprint density at radius 3 is 2.53 bits per heavy atom. The molecule has 3 aromatic rings. The van der Waals surface area contributed by atoms with Crippen LogP contribution in [0.25, 0.3) is 11.4 Å². The number of aromatic amines is 1. The van der Waals surface area contributed by atoms with Crippen LogP contribution in [-0.4, -0.2) is 45.0 Å². The third kappa shape index (κ3) is 6.37. The number of H-pyrrole nitrogens is 1. The molecule has 2 aromatic carbocycles. The fourth-order valence-corrected chi connectivity index (χ4v) is 4.15. The van der Waals surface area contributed by atoms with Crippen LogP contribution in [0.2, 0.25) is 0 Å². The zero-order valence-electron chi connectivity index (χ0n) is 19.9. The molecule has 0 aliphatic rings. The molecule has 0 aliphatic heterocycles. The van der Waals surface area contributed by atoms with Crippen molar-refractivity contribution in [2.45, 2.75) is 19.8 Å². The van der Waals surface area contributed by atoms with E-state index in [2.05, 4.69) is 10.4 Å². The molecule has 0 radical (unpaired) electrons. The van der Waals surface area contributed by atoms with Crippen LogP contribution in [0, 0.1) is 23.0 Å². The predicted molar refractivity (Wildman–Crippen MR) is 137 cm³/mol. The second kappa shape index (κ2) is 11.8. The molecule has 4 N–H and O–H groups in total. The highest BCUT2D eigenvalue weighted by atomic mass is 32.1. The van der Waals surface area contributed by atoms with Crippen LogP contribution in [0.3, 0.4) is 0 Å².